The number of halogens is 2. The molecule has 9 heteroatoms. The summed E-state index contributed by atoms with van der Waals surface area (Å²) in [4.78, 5) is 14.8. The van der Waals surface area contributed by atoms with Crippen molar-refractivity contribution in [2.75, 3.05) is 7.11 Å². The maximum atomic E-state index is 13.9. The van der Waals surface area contributed by atoms with Crippen molar-refractivity contribution in [1.29, 1.82) is 5.26 Å². The summed E-state index contributed by atoms with van der Waals surface area (Å²) in [5.41, 5.74) is 6.16. The number of nitrogens with two attached hydrogens (primary N) is 1. The fraction of sp³-hybridized carbons (Fsp3) is 0.0588. The van der Waals surface area contributed by atoms with Crippen LogP contribution in [0.1, 0.15) is 16.1 Å². The zero-order valence-electron chi connectivity index (χ0n) is 13.4. The predicted octanol–water partition coefficient (Wildman–Crippen LogP) is 3.32. The molecule has 132 valence electrons. The lowest BCUT2D eigenvalue weighted by molar-refractivity contribution is 0.0997. The second-order valence-corrected chi connectivity index (χ2v) is 8.75. The van der Waals surface area contributed by atoms with E-state index in [9.17, 15) is 9.36 Å². The number of nitriles is 1. The Balaban J connectivity index is 2.42. The molecule has 2 aromatic carbocycles. The van der Waals surface area contributed by atoms with Gasteiger partial charge in [-0.1, -0.05) is 23.2 Å². The van der Waals surface area contributed by atoms with Crippen LogP contribution >= 0.6 is 30.6 Å². The van der Waals surface area contributed by atoms with Gasteiger partial charge in [-0.3, -0.25) is 9.36 Å². The van der Waals surface area contributed by atoms with Crippen LogP contribution in [0.2, 0.25) is 10.0 Å². The summed E-state index contributed by atoms with van der Waals surface area (Å²) >= 11 is 12.1. The molecule has 1 amide bonds. The summed E-state index contributed by atoms with van der Waals surface area (Å²) in [6.45, 7) is 0. The number of carbonyl (C=O) groups is 1. The van der Waals surface area contributed by atoms with Crippen molar-refractivity contribution in [2.45, 2.75) is 0 Å². The van der Waals surface area contributed by atoms with Gasteiger partial charge in [-0.15, -0.1) is 0 Å². The third-order valence-electron chi connectivity index (χ3n) is 3.88. The van der Waals surface area contributed by atoms with E-state index >= 15 is 0 Å². The molecule has 0 aliphatic rings. The van der Waals surface area contributed by atoms with Crippen LogP contribution in [0.25, 0.3) is 10.9 Å². The van der Waals surface area contributed by atoms with Gasteiger partial charge in [-0.2, -0.15) is 5.26 Å². The number of hydrogen-bond donors (Lipinski definition) is 2. The quantitative estimate of drug-likeness (QED) is 0.646. The van der Waals surface area contributed by atoms with Gasteiger partial charge in [0, 0.05) is 33.4 Å². The zero-order valence-corrected chi connectivity index (χ0v) is 15.8. The number of hydrogen-bond acceptors (Lipinski definition) is 4. The molecule has 0 fully saturated rings. The van der Waals surface area contributed by atoms with Crippen molar-refractivity contribution >= 4 is 58.0 Å². The summed E-state index contributed by atoms with van der Waals surface area (Å²) in [5.74, 6) is -0.799. The fourth-order valence-electron chi connectivity index (χ4n) is 2.77. The molecule has 1 unspecified atom stereocenters. The first kappa shape index (κ1) is 18.5. The van der Waals surface area contributed by atoms with Gasteiger partial charge < -0.3 is 15.2 Å². The molecule has 0 saturated heterocycles. The number of nitrogens with zero attached hydrogens (tertiary/aromatic N) is 1. The van der Waals surface area contributed by atoms with E-state index in [2.05, 4.69) is 4.98 Å². The number of aromatic nitrogens is 1. The van der Waals surface area contributed by atoms with Crippen LogP contribution in [0.3, 0.4) is 0 Å². The highest BCUT2D eigenvalue weighted by Gasteiger charge is 2.36. The van der Waals surface area contributed by atoms with Crippen LogP contribution in [0.4, 0.5) is 0 Å². The van der Waals surface area contributed by atoms with Gasteiger partial charge in [0.2, 0.25) is 0 Å². The van der Waals surface area contributed by atoms with E-state index in [0.717, 1.165) is 0 Å². The zero-order chi connectivity index (χ0) is 19.1. The molecule has 1 heterocycles. The van der Waals surface area contributed by atoms with Crippen LogP contribution in [0, 0.1) is 11.3 Å². The molecule has 0 saturated carbocycles. The van der Waals surface area contributed by atoms with Crippen LogP contribution in [-0.2, 0) is 9.09 Å². The lowest BCUT2D eigenvalue weighted by Gasteiger charge is -2.18. The van der Waals surface area contributed by atoms with Gasteiger partial charge in [-0.25, -0.2) is 0 Å². The normalized spacial score (nSPS) is 13.3. The molecule has 6 nitrogen and oxygen atoms in total. The first-order chi connectivity index (χ1) is 12.3. The lowest BCUT2D eigenvalue weighted by atomic mass is 10.2. The molecular weight excluding hydrogens is 396 g/mol. The number of H-pyrrole nitrogens is 1. The average Bonchev–Trinajstić information content (AvgIpc) is 2.99. The Morgan fingerprint density at radius 1 is 1.23 bits per heavy atom. The molecule has 0 spiro atoms. The maximum Gasteiger partial charge on any atom is 0.266 e. The minimum Gasteiger partial charge on any atom is -0.364 e. The van der Waals surface area contributed by atoms with Crippen LogP contribution in [-0.4, -0.2) is 18.0 Å². The van der Waals surface area contributed by atoms with E-state index in [1.165, 1.54) is 25.3 Å². The van der Waals surface area contributed by atoms with Crippen molar-refractivity contribution in [3.8, 4) is 6.07 Å². The molecule has 26 heavy (non-hydrogen) atoms. The van der Waals surface area contributed by atoms with E-state index in [0.29, 0.717) is 15.9 Å². The highest BCUT2D eigenvalue weighted by molar-refractivity contribution is 7.75. The lowest BCUT2D eigenvalue weighted by Crippen LogP contribution is -2.26. The fourth-order valence-corrected chi connectivity index (χ4v) is 5.48. The number of rotatable bonds is 4. The third-order valence-corrected chi connectivity index (χ3v) is 6.84. The highest BCUT2D eigenvalue weighted by Crippen LogP contribution is 2.47. The average molecular weight is 408 g/mol. The van der Waals surface area contributed by atoms with Gasteiger partial charge in [0.15, 0.2) is 0 Å². The van der Waals surface area contributed by atoms with Crippen LogP contribution in [0.5, 0.6) is 0 Å². The van der Waals surface area contributed by atoms with Crippen molar-refractivity contribution in [1.82, 2.24) is 4.98 Å². The number of carbonyl (C=O) groups excluding carboxylic acids is 1. The Bertz CT molecular complexity index is 1130. The number of nitrogens with one attached hydrogen (secondary N) is 1. The predicted molar refractivity (Wildman–Crippen MR) is 102 cm³/mol. The molecule has 0 aliphatic heterocycles. The van der Waals surface area contributed by atoms with Crippen molar-refractivity contribution in [3.05, 3.63) is 57.7 Å². The number of amides is 1. The van der Waals surface area contributed by atoms with Crippen LogP contribution in [0.15, 0.2) is 36.4 Å². The second-order valence-electron chi connectivity index (χ2n) is 5.45. The SMILES string of the molecule is COP(=O)(c1cc(Cl)cc(C#N)c1)c1c(C(N)=O)[nH]c2ccc(Cl)cc12. The summed E-state index contributed by atoms with van der Waals surface area (Å²) in [6, 6.07) is 11.1. The van der Waals surface area contributed by atoms with Gasteiger partial charge in [0.05, 0.1) is 16.9 Å². The maximum absolute atomic E-state index is 13.9. The number of aromatic amines is 1. The topological polar surface area (TPSA) is 109 Å². The third kappa shape index (κ3) is 3.00. The molecule has 0 bridgehead atoms. The van der Waals surface area contributed by atoms with Gasteiger partial charge in [0.1, 0.15) is 5.69 Å². The Morgan fingerprint density at radius 3 is 2.58 bits per heavy atom. The molecule has 3 N–H and O–H groups in total. The molecule has 1 aromatic heterocycles. The molecule has 3 rings (SSSR count). The number of benzene rings is 2. The highest BCUT2D eigenvalue weighted by atomic mass is 35.5. The van der Waals surface area contributed by atoms with Crippen molar-refractivity contribution < 1.29 is 13.9 Å². The largest absolute Gasteiger partial charge is 0.364 e. The van der Waals surface area contributed by atoms with E-state index < -0.39 is 13.3 Å². The minimum absolute atomic E-state index is 0.0501. The summed E-state index contributed by atoms with van der Waals surface area (Å²) in [5, 5.41) is 10.5. The van der Waals surface area contributed by atoms with E-state index in [4.69, 9.17) is 38.7 Å². The minimum atomic E-state index is -3.81. The van der Waals surface area contributed by atoms with Crippen LogP contribution < -0.4 is 16.3 Å². The number of fused-ring (bicyclic) bond motifs is 1. The Kier molecular flexibility index (Phi) is 4.83. The first-order valence-corrected chi connectivity index (χ1v) is 9.67. The smallest absolute Gasteiger partial charge is 0.266 e. The second kappa shape index (κ2) is 6.79. The van der Waals surface area contributed by atoms with Gasteiger partial charge in [0.25, 0.3) is 13.3 Å². The number of primary amides is 1. The Hall–Kier alpha value is -2.29. The van der Waals surface area contributed by atoms with Crippen molar-refractivity contribution in [3.63, 3.8) is 0 Å². The van der Waals surface area contributed by atoms with E-state index in [1.807, 2.05) is 6.07 Å². The molecule has 0 aliphatic carbocycles. The van der Waals surface area contributed by atoms with Gasteiger partial charge in [-0.05, 0) is 36.4 Å². The standard InChI is InChI=1S/C17H12Cl2N3O3P/c1-25-26(24,12-5-9(8-20)4-11(19)6-12)16-13-7-10(18)2-3-14(13)22-15(16)17(21)23/h2-7,22H,1H3,(H2,21,23). The molecular formula is C17H12Cl2N3O3P. The van der Waals surface area contributed by atoms with Crippen molar-refractivity contribution in [2.24, 2.45) is 5.73 Å². The summed E-state index contributed by atoms with van der Waals surface area (Å²) < 4.78 is 19.2. The van der Waals surface area contributed by atoms with E-state index in [1.54, 1.807) is 18.2 Å². The molecule has 0 radical (unpaired) electrons. The first-order valence-electron chi connectivity index (χ1n) is 7.29. The summed E-state index contributed by atoms with van der Waals surface area (Å²) in [6.07, 6.45) is 0. The molecule has 1 atom stereocenters. The Morgan fingerprint density at radius 2 is 1.96 bits per heavy atom. The monoisotopic (exact) mass is 407 g/mol. The van der Waals surface area contributed by atoms with E-state index in [-0.39, 0.29) is 26.9 Å². The molecule has 3 aromatic rings. The summed E-state index contributed by atoms with van der Waals surface area (Å²) in [7, 11) is -2.56. The Labute approximate surface area is 158 Å². The van der Waals surface area contributed by atoms with Gasteiger partial charge >= 0.3 is 0 Å².